The maximum Gasteiger partial charge on any atom is 0.534 e. The Balaban J connectivity index is 1.72. The largest absolute Gasteiger partial charge is 0.534 e. The van der Waals surface area contributed by atoms with Gasteiger partial charge in [0.15, 0.2) is 0 Å². The number of rotatable bonds is 1. The Labute approximate surface area is 116 Å². The van der Waals surface area contributed by atoms with E-state index in [4.69, 9.17) is 9.57 Å². The van der Waals surface area contributed by atoms with E-state index in [0.29, 0.717) is 5.06 Å². The Morgan fingerprint density at radius 2 is 1.65 bits per heavy atom. The lowest BCUT2D eigenvalue weighted by Crippen LogP contribution is -2.37. The van der Waals surface area contributed by atoms with Gasteiger partial charge in [-0.2, -0.15) is 0 Å². The van der Waals surface area contributed by atoms with Crippen LogP contribution in [-0.2, 0) is 19.2 Å². The van der Waals surface area contributed by atoms with E-state index in [-0.39, 0.29) is 23.7 Å². The highest BCUT2D eigenvalue weighted by Crippen LogP contribution is 2.52. The second kappa shape index (κ2) is 4.07. The summed E-state index contributed by atoms with van der Waals surface area (Å²) in [6, 6.07) is 0. The summed E-state index contributed by atoms with van der Waals surface area (Å²) < 4.78 is 4.96. The van der Waals surface area contributed by atoms with Crippen molar-refractivity contribution in [3.63, 3.8) is 0 Å². The molecule has 3 aliphatic rings. The van der Waals surface area contributed by atoms with Crippen LogP contribution >= 0.6 is 0 Å². The number of hydrogen-bond donors (Lipinski definition) is 0. The summed E-state index contributed by atoms with van der Waals surface area (Å²) in [5.41, 5.74) is -0.737. The fraction of sp³-hybridized carbons (Fsp3) is 0.643. The SMILES string of the molecule is CC(C)(C)OC(=O)ON1C(=O)[C@H]2[C@H](C1=O)[C@H]1C=C[C@@H]2C1. The van der Waals surface area contributed by atoms with Gasteiger partial charge in [0.05, 0.1) is 11.8 Å². The number of imide groups is 1. The molecule has 6 heteroatoms. The summed E-state index contributed by atoms with van der Waals surface area (Å²) in [5.74, 6) is -1.42. The summed E-state index contributed by atoms with van der Waals surface area (Å²) >= 11 is 0. The molecule has 20 heavy (non-hydrogen) atoms. The van der Waals surface area contributed by atoms with Crippen molar-refractivity contribution < 1.29 is 24.0 Å². The highest BCUT2D eigenvalue weighted by molar-refractivity contribution is 6.05. The van der Waals surface area contributed by atoms with Crippen molar-refractivity contribution >= 4 is 18.0 Å². The van der Waals surface area contributed by atoms with Crippen LogP contribution < -0.4 is 0 Å². The Kier molecular flexibility index (Phi) is 2.68. The van der Waals surface area contributed by atoms with E-state index in [1.807, 2.05) is 12.2 Å². The number of carbonyl (C=O) groups is 3. The zero-order valence-corrected chi connectivity index (χ0v) is 11.7. The summed E-state index contributed by atoms with van der Waals surface area (Å²) in [4.78, 5) is 40.9. The molecule has 0 radical (unpaired) electrons. The second-order valence-corrected chi connectivity index (χ2v) is 6.53. The maximum atomic E-state index is 12.2. The van der Waals surface area contributed by atoms with E-state index >= 15 is 0 Å². The molecular weight excluding hydrogens is 262 g/mol. The van der Waals surface area contributed by atoms with Crippen LogP contribution in [0.15, 0.2) is 12.2 Å². The number of fused-ring (bicyclic) bond motifs is 5. The maximum absolute atomic E-state index is 12.2. The molecule has 2 bridgehead atoms. The average molecular weight is 279 g/mol. The normalized spacial score (nSPS) is 34.6. The van der Waals surface area contributed by atoms with Gasteiger partial charge in [-0.05, 0) is 39.0 Å². The van der Waals surface area contributed by atoms with Gasteiger partial charge in [-0.1, -0.05) is 17.2 Å². The van der Waals surface area contributed by atoms with Gasteiger partial charge >= 0.3 is 6.16 Å². The molecule has 3 rings (SSSR count). The molecule has 1 heterocycles. The minimum absolute atomic E-state index is 0.0914. The van der Waals surface area contributed by atoms with Crippen molar-refractivity contribution in [2.45, 2.75) is 32.8 Å². The van der Waals surface area contributed by atoms with Crippen LogP contribution in [0, 0.1) is 23.7 Å². The summed E-state index contributed by atoms with van der Waals surface area (Å²) in [5, 5.41) is 0.593. The highest BCUT2D eigenvalue weighted by Gasteiger charge is 2.61. The molecule has 0 unspecified atom stereocenters. The number of ether oxygens (including phenoxy) is 1. The first-order valence-electron chi connectivity index (χ1n) is 6.75. The standard InChI is InChI=1S/C14H17NO5/c1-14(2,3)19-13(18)20-15-11(16)9-7-4-5-8(6-7)10(9)12(15)17/h4-5,7-10H,6H2,1-3H3/t7-,8+,9-,10-/m1/s1. The lowest BCUT2D eigenvalue weighted by Gasteiger charge is -2.21. The van der Waals surface area contributed by atoms with E-state index < -0.39 is 23.6 Å². The Morgan fingerprint density at radius 3 is 2.10 bits per heavy atom. The Morgan fingerprint density at radius 1 is 1.15 bits per heavy atom. The topological polar surface area (TPSA) is 72.9 Å². The molecule has 1 saturated carbocycles. The van der Waals surface area contributed by atoms with Gasteiger partial charge in [0.2, 0.25) is 0 Å². The third kappa shape index (κ3) is 1.90. The second-order valence-electron chi connectivity index (χ2n) is 6.53. The van der Waals surface area contributed by atoms with Crippen molar-refractivity contribution in [1.82, 2.24) is 5.06 Å². The summed E-state index contributed by atoms with van der Waals surface area (Å²) in [6.45, 7) is 5.04. The van der Waals surface area contributed by atoms with Gasteiger partial charge in [0, 0.05) is 0 Å². The molecule has 108 valence electrons. The zero-order chi connectivity index (χ0) is 14.7. The van der Waals surface area contributed by atoms with Crippen molar-refractivity contribution in [3.05, 3.63) is 12.2 Å². The van der Waals surface area contributed by atoms with Gasteiger partial charge in [-0.25, -0.2) is 4.79 Å². The zero-order valence-electron chi connectivity index (χ0n) is 11.7. The van der Waals surface area contributed by atoms with Gasteiger partial charge < -0.3 is 4.74 Å². The first-order chi connectivity index (χ1) is 9.28. The van der Waals surface area contributed by atoms with Crippen molar-refractivity contribution in [2.24, 2.45) is 23.7 Å². The first-order valence-corrected chi connectivity index (χ1v) is 6.75. The number of allylic oxidation sites excluding steroid dienone is 2. The Hall–Kier alpha value is -1.85. The van der Waals surface area contributed by atoms with Crippen LogP contribution in [0.3, 0.4) is 0 Å². The molecule has 1 aliphatic heterocycles. The van der Waals surface area contributed by atoms with Crippen molar-refractivity contribution in [2.75, 3.05) is 0 Å². The van der Waals surface area contributed by atoms with Gasteiger partial charge in [-0.3, -0.25) is 14.4 Å². The minimum Gasteiger partial charge on any atom is -0.427 e. The smallest absolute Gasteiger partial charge is 0.427 e. The molecule has 0 aromatic rings. The lowest BCUT2D eigenvalue weighted by molar-refractivity contribution is -0.183. The summed E-state index contributed by atoms with van der Waals surface area (Å²) in [6.07, 6.45) is 3.77. The number of carbonyl (C=O) groups excluding carboxylic acids is 3. The molecule has 6 nitrogen and oxygen atoms in total. The van der Waals surface area contributed by atoms with Crippen LogP contribution in [0.5, 0.6) is 0 Å². The quantitative estimate of drug-likeness (QED) is 0.414. The first kappa shape index (κ1) is 13.1. The van der Waals surface area contributed by atoms with Crippen molar-refractivity contribution in [1.29, 1.82) is 0 Å². The lowest BCUT2D eigenvalue weighted by atomic mass is 9.85. The third-order valence-electron chi connectivity index (χ3n) is 3.99. The molecule has 1 saturated heterocycles. The van der Waals surface area contributed by atoms with Crippen LogP contribution in [0.4, 0.5) is 4.79 Å². The van der Waals surface area contributed by atoms with Gasteiger partial charge in [-0.15, -0.1) is 0 Å². The van der Waals surface area contributed by atoms with Crippen LogP contribution in [0.1, 0.15) is 27.2 Å². The Bertz CT molecular complexity index is 488. The van der Waals surface area contributed by atoms with Gasteiger partial charge in [0.25, 0.3) is 11.8 Å². The van der Waals surface area contributed by atoms with Crippen LogP contribution in [0.2, 0.25) is 0 Å². The monoisotopic (exact) mass is 279 g/mol. The van der Waals surface area contributed by atoms with E-state index in [9.17, 15) is 14.4 Å². The van der Waals surface area contributed by atoms with Gasteiger partial charge in [0.1, 0.15) is 5.60 Å². The van der Waals surface area contributed by atoms with Crippen LogP contribution in [-0.4, -0.2) is 28.6 Å². The number of hydroxylamine groups is 2. The minimum atomic E-state index is -1.03. The molecule has 2 aliphatic carbocycles. The number of amides is 2. The molecular formula is C14H17NO5. The predicted molar refractivity (Wildman–Crippen MR) is 66.9 cm³/mol. The highest BCUT2D eigenvalue weighted by atomic mass is 16.8. The summed E-state index contributed by atoms with van der Waals surface area (Å²) in [7, 11) is 0. The molecule has 0 aromatic heterocycles. The van der Waals surface area contributed by atoms with E-state index in [2.05, 4.69) is 0 Å². The molecule has 0 aromatic carbocycles. The predicted octanol–water partition coefficient (Wildman–Crippen LogP) is 1.66. The van der Waals surface area contributed by atoms with E-state index in [0.717, 1.165) is 6.42 Å². The molecule has 2 amide bonds. The third-order valence-corrected chi connectivity index (χ3v) is 3.99. The van der Waals surface area contributed by atoms with Crippen LogP contribution in [0.25, 0.3) is 0 Å². The molecule has 4 atom stereocenters. The molecule has 2 fully saturated rings. The average Bonchev–Trinajstić information content (AvgIpc) is 2.96. The van der Waals surface area contributed by atoms with E-state index in [1.54, 1.807) is 20.8 Å². The number of nitrogens with zero attached hydrogens (tertiary/aromatic N) is 1. The fourth-order valence-corrected chi connectivity index (χ4v) is 3.31. The fourth-order valence-electron chi connectivity index (χ4n) is 3.31. The molecule has 0 N–H and O–H groups in total. The van der Waals surface area contributed by atoms with E-state index in [1.165, 1.54) is 0 Å². The van der Waals surface area contributed by atoms with Crippen molar-refractivity contribution in [3.8, 4) is 0 Å². The number of hydrogen-bond acceptors (Lipinski definition) is 5. The molecule has 0 spiro atoms.